The first kappa shape index (κ1) is 15.8. The van der Waals surface area contributed by atoms with Crippen molar-refractivity contribution in [1.29, 1.82) is 0 Å². The van der Waals surface area contributed by atoms with E-state index < -0.39 is 11.8 Å². The molecule has 6 N–H and O–H groups in total. The summed E-state index contributed by atoms with van der Waals surface area (Å²) < 4.78 is 0. The molecule has 0 spiro atoms. The molecule has 0 unspecified atom stereocenters. The molecule has 6 heteroatoms. The quantitative estimate of drug-likeness (QED) is 0.414. The highest BCUT2D eigenvalue weighted by atomic mass is 16.3. The monoisotopic (exact) mass is 216 g/mol. The molecule has 0 aromatic rings. The average molecular weight is 216 g/mol. The Balaban J connectivity index is 0. The van der Waals surface area contributed by atoms with E-state index in [0.717, 1.165) is 0 Å². The predicted octanol–water partition coefficient (Wildman–Crippen LogP) is -1.57. The minimum atomic E-state index is -0.650. The summed E-state index contributed by atoms with van der Waals surface area (Å²) in [7, 11) is 0. The van der Waals surface area contributed by atoms with Crippen molar-refractivity contribution in [3.63, 3.8) is 0 Å². The molecule has 0 radical (unpaired) electrons. The Kier molecular flexibility index (Phi) is 9.39. The van der Waals surface area contributed by atoms with Crippen LogP contribution in [0.2, 0.25) is 0 Å². The number of amides is 2. The van der Waals surface area contributed by atoms with Gasteiger partial charge in [-0.05, 0) is 0 Å². The lowest BCUT2D eigenvalue weighted by molar-refractivity contribution is -0.115. The van der Waals surface area contributed by atoms with Crippen molar-refractivity contribution in [1.82, 2.24) is 0 Å². The van der Waals surface area contributed by atoms with Crippen LogP contribution in [0.4, 0.5) is 0 Å². The summed E-state index contributed by atoms with van der Waals surface area (Å²) in [4.78, 5) is 20.0. The fraction of sp³-hybridized carbons (Fsp3) is 0.333. The number of carbonyl (C=O) groups is 2. The molecule has 15 heavy (non-hydrogen) atoms. The maximum absolute atomic E-state index is 10.1. The summed E-state index contributed by atoms with van der Waals surface area (Å²) in [6, 6.07) is 0. The van der Waals surface area contributed by atoms with Gasteiger partial charge in [-0.1, -0.05) is 13.2 Å². The highest BCUT2D eigenvalue weighted by Gasteiger charge is 1.97. The zero-order valence-corrected chi connectivity index (χ0v) is 8.40. The van der Waals surface area contributed by atoms with Crippen LogP contribution in [0.3, 0.4) is 0 Å². The van der Waals surface area contributed by atoms with E-state index in [4.69, 9.17) is 15.9 Å². The van der Waals surface area contributed by atoms with Gasteiger partial charge in [0.1, 0.15) is 0 Å². The summed E-state index contributed by atoms with van der Waals surface area (Å²) in [5.74, 6) is -1.19. The lowest BCUT2D eigenvalue weighted by Crippen LogP contribution is -2.14. The molecule has 0 aliphatic heterocycles. The third-order valence-corrected chi connectivity index (χ3v) is 1.30. The maximum Gasteiger partial charge on any atom is 0.246 e. The highest BCUT2D eigenvalue weighted by molar-refractivity contribution is 5.91. The standard InChI is InChI=1S/C5H9NO2.C4H7NO2/c1-4(2-3-7)5(6)8;1-3(2-6)4(5)7/h7H,1-3H2,(H2,6,8);6H,1-2H2,(H2,5,7). The highest BCUT2D eigenvalue weighted by Crippen LogP contribution is 1.92. The molecule has 0 bridgehead atoms. The molecular formula is C9H16N2O4. The Hall–Kier alpha value is -1.66. The zero-order chi connectivity index (χ0) is 12.4. The zero-order valence-electron chi connectivity index (χ0n) is 8.40. The first-order chi connectivity index (χ1) is 6.86. The molecule has 0 saturated carbocycles. The van der Waals surface area contributed by atoms with Crippen LogP contribution in [0.15, 0.2) is 24.3 Å². The van der Waals surface area contributed by atoms with Gasteiger partial charge in [0.25, 0.3) is 0 Å². The van der Waals surface area contributed by atoms with Crippen LogP contribution in [-0.2, 0) is 9.59 Å². The summed E-state index contributed by atoms with van der Waals surface area (Å²) in [6.45, 7) is 6.04. The molecule has 6 nitrogen and oxygen atoms in total. The van der Waals surface area contributed by atoms with Gasteiger partial charge in [-0.15, -0.1) is 0 Å². The largest absolute Gasteiger partial charge is 0.396 e. The average Bonchev–Trinajstić information content (AvgIpc) is 2.17. The summed E-state index contributed by atoms with van der Waals surface area (Å²) in [6.07, 6.45) is 0.273. The third-order valence-electron chi connectivity index (χ3n) is 1.30. The fourth-order valence-electron chi connectivity index (χ4n) is 0.336. The predicted molar refractivity (Wildman–Crippen MR) is 55.5 cm³/mol. The van der Waals surface area contributed by atoms with Gasteiger partial charge in [0.05, 0.1) is 6.61 Å². The van der Waals surface area contributed by atoms with Crippen molar-refractivity contribution in [3.8, 4) is 0 Å². The van der Waals surface area contributed by atoms with Crippen LogP contribution >= 0.6 is 0 Å². The molecule has 0 aliphatic rings. The molecular weight excluding hydrogens is 200 g/mol. The van der Waals surface area contributed by atoms with E-state index in [1.165, 1.54) is 0 Å². The second-order valence-electron chi connectivity index (χ2n) is 2.57. The number of hydrogen-bond acceptors (Lipinski definition) is 4. The Morgan fingerprint density at radius 2 is 1.40 bits per heavy atom. The number of hydrogen-bond donors (Lipinski definition) is 4. The summed E-state index contributed by atoms with van der Waals surface area (Å²) in [5, 5.41) is 16.3. The van der Waals surface area contributed by atoms with Gasteiger partial charge in [0, 0.05) is 24.2 Å². The van der Waals surface area contributed by atoms with E-state index in [2.05, 4.69) is 18.9 Å². The van der Waals surface area contributed by atoms with E-state index in [0.29, 0.717) is 0 Å². The molecule has 0 rings (SSSR count). The molecule has 0 aliphatic carbocycles. The van der Waals surface area contributed by atoms with Crippen molar-refractivity contribution >= 4 is 11.8 Å². The molecule has 2 amide bonds. The Morgan fingerprint density at radius 3 is 1.47 bits per heavy atom. The number of carbonyl (C=O) groups excluding carboxylic acids is 2. The molecule has 0 heterocycles. The number of nitrogens with two attached hydrogens (primary N) is 2. The van der Waals surface area contributed by atoms with Crippen LogP contribution in [0, 0.1) is 0 Å². The SMILES string of the molecule is C=C(CCO)C(N)=O.C=C(CO)C(N)=O. The normalized spacial score (nSPS) is 8.40. The van der Waals surface area contributed by atoms with E-state index in [9.17, 15) is 9.59 Å². The topological polar surface area (TPSA) is 127 Å². The van der Waals surface area contributed by atoms with E-state index >= 15 is 0 Å². The number of aliphatic hydroxyl groups is 2. The second-order valence-corrected chi connectivity index (χ2v) is 2.57. The molecule has 86 valence electrons. The number of aliphatic hydroxyl groups excluding tert-OH is 2. The Bertz CT molecular complexity index is 261. The summed E-state index contributed by atoms with van der Waals surface area (Å²) >= 11 is 0. The summed E-state index contributed by atoms with van der Waals surface area (Å²) in [5.41, 5.74) is 9.73. The number of rotatable bonds is 5. The van der Waals surface area contributed by atoms with Crippen molar-refractivity contribution in [2.24, 2.45) is 11.5 Å². The van der Waals surface area contributed by atoms with Gasteiger partial charge in [-0.3, -0.25) is 9.59 Å². The molecule has 0 fully saturated rings. The first-order valence-corrected chi connectivity index (χ1v) is 4.03. The lowest BCUT2D eigenvalue weighted by Gasteiger charge is -1.93. The lowest BCUT2D eigenvalue weighted by atomic mass is 10.2. The van der Waals surface area contributed by atoms with Crippen LogP contribution < -0.4 is 11.5 Å². The van der Waals surface area contributed by atoms with Gasteiger partial charge in [0.2, 0.25) is 11.8 Å². The van der Waals surface area contributed by atoms with Gasteiger partial charge < -0.3 is 21.7 Å². The van der Waals surface area contributed by atoms with Crippen molar-refractivity contribution < 1.29 is 19.8 Å². The minimum Gasteiger partial charge on any atom is -0.396 e. The first-order valence-electron chi connectivity index (χ1n) is 4.03. The third kappa shape index (κ3) is 10.3. The van der Waals surface area contributed by atoms with Crippen LogP contribution in [0.1, 0.15) is 6.42 Å². The van der Waals surface area contributed by atoms with Crippen molar-refractivity contribution in [2.75, 3.05) is 13.2 Å². The van der Waals surface area contributed by atoms with E-state index in [1.54, 1.807) is 0 Å². The molecule has 0 aromatic heterocycles. The van der Waals surface area contributed by atoms with Crippen LogP contribution in [0.25, 0.3) is 0 Å². The van der Waals surface area contributed by atoms with Crippen LogP contribution in [-0.4, -0.2) is 35.2 Å². The van der Waals surface area contributed by atoms with E-state index in [1.807, 2.05) is 0 Å². The molecule has 0 saturated heterocycles. The maximum atomic E-state index is 10.1. The van der Waals surface area contributed by atoms with Gasteiger partial charge in [0.15, 0.2) is 0 Å². The van der Waals surface area contributed by atoms with Crippen molar-refractivity contribution in [2.45, 2.75) is 6.42 Å². The molecule has 0 aromatic carbocycles. The van der Waals surface area contributed by atoms with Crippen molar-refractivity contribution in [3.05, 3.63) is 24.3 Å². The van der Waals surface area contributed by atoms with Gasteiger partial charge >= 0.3 is 0 Å². The van der Waals surface area contributed by atoms with Gasteiger partial charge in [-0.2, -0.15) is 0 Å². The molecule has 0 atom stereocenters. The van der Waals surface area contributed by atoms with Gasteiger partial charge in [-0.25, -0.2) is 0 Å². The van der Waals surface area contributed by atoms with Crippen LogP contribution in [0.5, 0.6) is 0 Å². The fourth-order valence-corrected chi connectivity index (χ4v) is 0.336. The minimum absolute atomic E-state index is 0.0417. The number of primary amides is 2. The smallest absolute Gasteiger partial charge is 0.246 e. The second kappa shape index (κ2) is 8.92. The Labute approximate surface area is 87.9 Å². The van der Waals surface area contributed by atoms with E-state index in [-0.39, 0.29) is 30.8 Å². The Morgan fingerprint density at radius 1 is 1.00 bits per heavy atom.